The third kappa shape index (κ3) is 5.17. The highest BCUT2D eigenvalue weighted by Gasteiger charge is 2.18. The van der Waals surface area contributed by atoms with Gasteiger partial charge in [-0.25, -0.2) is 4.79 Å². The first kappa shape index (κ1) is 22.6. The second kappa shape index (κ2) is 9.99. The summed E-state index contributed by atoms with van der Waals surface area (Å²) in [4.78, 5) is 15.4. The van der Waals surface area contributed by atoms with Crippen LogP contribution in [-0.2, 0) is 11.3 Å². The van der Waals surface area contributed by atoms with E-state index in [0.29, 0.717) is 23.1 Å². The second-order valence-corrected chi connectivity index (χ2v) is 8.87. The zero-order valence-electron chi connectivity index (χ0n) is 19.3. The van der Waals surface area contributed by atoms with Crippen molar-refractivity contribution in [3.05, 3.63) is 88.9 Å². The minimum Gasteiger partial charge on any atom is -0.487 e. The van der Waals surface area contributed by atoms with Gasteiger partial charge in [-0.3, -0.25) is 0 Å². The Balaban J connectivity index is 1.50. The van der Waals surface area contributed by atoms with Crippen molar-refractivity contribution in [3.63, 3.8) is 0 Å². The largest absolute Gasteiger partial charge is 0.487 e. The van der Waals surface area contributed by atoms with Crippen LogP contribution in [0.15, 0.2) is 72.8 Å². The number of nitrogens with zero attached hydrogens (tertiary/aromatic N) is 2. The van der Waals surface area contributed by atoms with Crippen LogP contribution in [0.1, 0.15) is 27.9 Å². The number of hydrogen-bond donors (Lipinski definition) is 1. The summed E-state index contributed by atoms with van der Waals surface area (Å²) in [5.41, 5.74) is 3.75. The summed E-state index contributed by atoms with van der Waals surface area (Å²) in [5.74, 6) is 1.56. The van der Waals surface area contributed by atoms with E-state index >= 15 is 0 Å². The first-order valence-electron chi connectivity index (χ1n) is 11.2. The Labute approximate surface area is 206 Å². The van der Waals surface area contributed by atoms with Crippen molar-refractivity contribution < 1.29 is 19.0 Å². The van der Waals surface area contributed by atoms with Gasteiger partial charge < -0.3 is 19.2 Å². The van der Waals surface area contributed by atoms with Crippen molar-refractivity contribution in [2.75, 3.05) is 6.61 Å². The van der Waals surface area contributed by atoms with Crippen molar-refractivity contribution in [3.8, 4) is 28.0 Å². The molecule has 0 saturated heterocycles. The fourth-order valence-electron chi connectivity index (χ4n) is 3.56. The van der Waals surface area contributed by atoms with Gasteiger partial charge in [0.05, 0.1) is 17.8 Å². The molecular weight excluding hydrogens is 462 g/mol. The summed E-state index contributed by atoms with van der Waals surface area (Å²) in [6, 6.07) is 23.6. The zero-order chi connectivity index (χ0) is 24.2. The summed E-state index contributed by atoms with van der Waals surface area (Å²) < 4.78 is 17.4. The van der Waals surface area contributed by atoms with E-state index in [2.05, 4.69) is 15.2 Å². The summed E-state index contributed by atoms with van der Waals surface area (Å²) >= 11 is 1.17. The van der Waals surface area contributed by atoms with E-state index in [1.54, 1.807) is 6.92 Å². The molecule has 0 radical (unpaired) electrons. The second-order valence-electron chi connectivity index (χ2n) is 7.89. The standard InChI is InChI=1S/C27H23N3O4S/c1-3-32-27(31)26-30-29-25(35-26)22-14-19-13-21(34-20-11-9-17(2)10-12-20)15-23(24(19)28-22)33-16-18-7-5-4-6-8-18/h4-15,28H,3,16H2,1-2H3. The highest BCUT2D eigenvalue weighted by atomic mass is 32.1. The number of carbonyl (C=O) groups excluding carboxylic acids is 1. The maximum Gasteiger partial charge on any atom is 0.369 e. The number of H-pyrrole nitrogens is 1. The number of ether oxygens (including phenoxy) is 3. The summed E-state index contributed by atoms with van der Waals surface area (Å²) in [6.45, 7) is 4.48. The summed E-state index contributed by atoms with van der Waals surface area (Å²) in [7, 11) is 0. The highest BCUT2D eigenvalue weighted by Crippen LogP contribution is 2.37. The van der Waals surface area contributed by atoms with Crippen molar-refractivity contribution in [2.24, 2.45) is 0 Å². The molecule has 0 spiro atoms. The van der Waals surface area contributed by atoms with Gasteiger partial charge in [0.1, 0.15) is 23.9 Å². The number of carbonyl (C=O) groups is 1. The van der Waals surface area contributed by atoms with Crippen LogP contribution >= 0.6 is 11.3 Å². The number of fused-ring (bicyclic) bond motifs is 1. The molecule has 0 atom stereocenters. The molecular formula is C27H23N3O4S. The SMILES string of the molecule is CCOC(=O)c1nnc(-c2cc3cc(Oc4ccc(C)cc4)cc(OCc4ccccc4)c3[nH]2)s1. The quantitative estimate of drug-likeness (QED) is 0.251. The molecule has 7 nitrogen and oxygen atoms in total. The molecule has 0 aliphatic carbocycles. The van der Waals surface area contributed by atoms with Gasteiger partial charge in [0, 0.05) is 11.5 Å². The van der Waals surface area contributed by atoms with Gasteiger partial charge in [-0.1, -0.05) is 59.4 Å². The predicted octanol–water partition coefficient (Wildman–Crippen LogP) is 6.54. The Morgan fingerprint density at radius 2 is 1.77 bits per heavy atom. The average molecular weight is 486 g/mol. The van der Waals surface area contributed by atoms with Crippen LogP contribution < -0.4 is 9.47 Å². The fourth-order valence-corrected chi connectivity index (χ4v) is 4.27. The predicted molar refractivity (Wildman–Crippen MR) is 135 cm³/mol. The first-order valence-corrected chi connectivity index (χ1v) is 12.0. The Hall–Kier alpha value is -4.17. The molecule has 0 fully saturated rings. The molecule has 0 saturated carbocycles. The van der Waals surface area contributed by atoms with Crippen molar-refractivity contribution >= 4 is 28.2 Å². The van der Waals surface area contributed by atoms with Crippen LogP contribution in [0.4, 0.5) is 0 Å². The number of benzene rings is 3. The number of hydrogen-bond acceptors (Lipinski definition) is 7. The molecule has 0 amide bonds. The van der Waals surface area contributed by atoms with Crippen LogP contribution in [0.25, 0.3) is 21.6 Å². The molecule has 5 rings (SSSR count). The van der Waals surface area contributed by atoms with Gasteiger partial charge >= 0.3 is 5.97 Å². The normalized spacial score (nSPS) is 10.9. The van der Waals surface area contributed by atoms with E-state index in [4.69, 9.17) is 14.2 Å². The number of esters is 1. The Bertz CT molecular complexity index is 1460. The topological polar surface area (TPSA) is 86.3 Å². The van der Waals surface area contributed by atoms with Crippen molar-refractivity contribution in [1.29, 1.82) is 0 Å². The fraction of sp³-hybridized carbons (Fsp3) is 0.148. The van der Waals surface area contributed by atoms with E-state index in [1.807, 2.05) is 79.7 Å². The summed E-state index contributed by atoms with van der Waals surface area (Å²) in [5, 5.41) is 9.83. The highest BCUT2D eigenvalue weighted by molar-refractivity contribution is 7.16. The maximum absolute atomic E-state index is 12.0. The molecule has 0 unspecified atom stereocenters. The van der Waals surface area contributed by atoms with E-state index in [1.165, 1.54) is 11.3 Å². The molecule has 35 heavy (non-hydrogen) atoms. The smallest absolute Gasteiger partial charge is 0.369 e. The number of nitrogens with one attached hydrogen (secondary N) is 1. The van der Waals surface area contributed by atoms with Gasteiger partial charge in [-0.05, 0) is 43.7 Å². The minimum absolute atomic E-state index is 0.212. The average Bonchev–Trinajstić information content (AvgIpc) is 3.52. The number of rotatable bonds is 8. The van der Waals surface area contributed by atoms with E-state index < -0.39 is 5.97 Å². The van der Waals surface area contributed by atoms with E-state index in [0.717, 1.165) is 33.5 Å². The lowest BCUT2D eigenvalue weighted by Gasteiger charge is -2.11. The number of aromatic amines is 1. The molecule has 0 aliphatic heterocycles. The molecule has 2 aromatic heterocycles. The van der Waals surface area contributed by atoms with E-state index in [-0.39, 0.29) is 11.6 Å². The van der Waals surface area contributed by atoms with Gasteiger partial charge in [-0.15, -0.1) is 10.2 Å². The van der Waals surface area contributed by atoms with Crippen LogP contribution in [0.5, 0.6) is 17.2 Å². The van der Waals surface area contributed by atoms with Gasteiger partial charge in [0.15, 0.2) is 5.01 Å². The van der Waals surface area contributed by atoms with Crippen LogP contribution in [-0.4, -0.2) is 27.8 Å². The molecule has 2 heterocycles. The molecule has 8 heteroatoms. The van der Waals surface area contributed by atoms with Crippen molar-refractivity contribution in [1.82, 2.24) is 15.2 Å². The van der Waals surface area contributed by atoms with Gasteiger partial charge in [-0.2, -0.15) is 0 Å². The van der Waals surface area contributed by atoms with Crippen molar-refractivity contribution in [2.45, 2.75) is 20.5 Å². The molecule has 176 valence electrons. The molecule has 0 aliphatic rings. The Morgan fingerprint density at radius 3 is 2.54 bits per heavy atom. The Kier molecular flexibility index (Phi) is 6.45. The lowest BCUT2D eigenvalue weighted by molar-refractivity contribution is 0.0525. The monoisotopic (exact) mass is 485 g/mol. The lowest BCUT2D eigenvalue weighted by Crippen LogP contribution is -2.03. The van der Waals surface area contributed by atoms with Gasteiger partial charge in [0.25, 0.3) is 0 Å². The van der Waals surface area contributed by atoms with Crippen LogP contribution in [0, 0.1) is 6.92 Å². The zero-order valence-corrected chi connectivity index (χ0v) is 20.1. The van der Waals surface area contributed by atoms with Crippen LogP contribution in [0.3, 0.4) is 0 Å². The molecule has 1 N–H and O–H groups in total. The van der Waals surface area contributed by atoms with Crippen LogP contribution in [0.2, 0.25) is 0 Å². The Morgan fingerprint density at radius 1 is 0.971 bits per heavy atom. The molecule has 0 bridgehead atoms. The number of aromatic nitrogens is 3. The molecule has 3 aromatic carbocycles. The third-order valence-electron chi connectivity index (χ3n) is 5.27. The lowest BCUT2D eigenvalue weighted by atomic mass is 10.2. The van der Waals surface area contributed by atoms with E-state index in [9.17, 15) is 4.79 Å². The third-order valence-corrected chi connectivity index (χ3v) is 6.20. The summed E-state index contributed by atoms with van der Waals surface area (Å²) in [6.07, 6.45) is 0. The van der Waals surface area contributed by atoms with Gasteiger partial charge in [0.2, 0.25) is 5.01 Å². The molecule has 5 aromatic rings. The maximum atomic E-state index is 12.0. The number of aryl methyl sites for hydroxylation is 1. The minimum atomic E-state index is -0.479. The first-order chi connectivity index (χ1) is 17.1.